The average Bonchev–Trinajstić information content (AvgIpc) is 2.59. The maximum atomic E-state index is 5.37. The van der Waals surface area contributed by atoms with Crippen LogP contribution in [0.4, 0.5) is 0 Å². The number of benzene rings is 1. The van der Waals surface area contributed by atoms with Crippen LogP contribution in [0, 0.1) is 11.3 Å². The number of fused-ring (bicyclic) bond motifs is 1. The van der Waals surface area contributed by atoms with Gasteiger partial charge in [0.2, 0.25) is 0 Å². The molecule has 0 heterocycles. The molecule has 2 atom stereocenters. The third-order valence-corrected chi connectivity index (χ3v) is 4.33. The van der Waals surface area contributed by atoms with Crippen LogP contribution in [0.2, 0.25) is 0 Å². The first kappa shape index (κ1) is 14.5. The van der Waals surface area contributed by atoms with Gasteiger partial charge in [0.15, 0.2) is 0 Å². The molecule has 0 bridgehead atoms. The van der Waals surface area contributed by atoms with Crippen LogP contribution in [0.5, 0.6) is 0 Å². The molecule has 0 saturated carbocycles. The first-order valence-corrected chi connectivity index (χ1v) is 7.28. The summed E-state index contributed by atoms with van der Waals surface area (Å²) >= 11 is 0. The zero-order valence-electron chi connectivity index (χ0n) is 12.9. The molecule has 2 nitrogen and oxygen atoms in total. The fourth-order valence-electron chi connectivity index (χ4n) is 3.13. The molecule has 2 rings (SSSR count). The van der Waals surface area contributed by atoms with Crippen molar-refractivity contribution >= 4 is 0 Å². The van der Waals surface area contributed by atoms with E-state index in [9.17, 15) is 0 Å². The topological polar surface area (TPSA) is 21.3 Å². The Labute approximate surface area is 117 Å². The normalized spacial score (nSPS) is 22.5. The molecule has 1 N–H and O–H groups in total. The predicted molar refractivity (Wildman–Crippen MR) is 80.3 cm³/mol. The Morgan fingerprint density at radius 3 is 2.63 bits per heavy atom. The van der Waals surface area contributed by atoms with Crippen LogP contribution in [0.25, 0.3) is 0 Å². The monoisotopic (exact) mass is 261 g/mol. The molecule has 2 heteroatoms. The molecule has 0 amide bonds. The first-order chi connectivity index (χ1) is 8.95. The summed E-state index contributed by atoms with van der Waals surface area (Å²) in [5.41, 5.74) is 3.23. The lowest BCUT2D eigenvalue weighted by Gasteiger charge is -2.34. The Morgan fingerprint density at radius 2 is 2.00 bits per heavy atom. The second kappa shape index (κ2) is 5.64. The van der Waals surface area contributed by atoms with Crippen LogP contribution >= 0.6 is 0 Å². The summed E-state index contributed by atoms with van der Waals surface area (Å²) in [5, 5.41) is 3.84. The van der Waals surface area contributed by atoms with E-state index in [-0.39, 0.29) is 5.41 Å². The van der Waals surface area contributed by atoms with Crippen molar-refractivity contribution in [1.82, 2.24) is 5.32 Å². The van der Waals surface area contributed by atoms with Gasteiger partial charge in [0.1, 0.15) is 0 Å². The van der Waals surface area contributed by atoms with Gasteiger partial charge < -0.3 is 10.1 Å². The summed E-state index contributed by atoms with van der Waals surface area (Å²) in [6, 6.07) is 9.65. The highest BCUT2D eigenvalue weighted by Gasteiger charge is 2.39. The average molecular weight is 261 g/mol. The fraction of sp³-hybridized carbons (Fsp3) is 0.647. The highest BCUT2D eigenvalue weighted by atomic mass is 16.5. The van der Waals surface area contributed by atoms with Gasteiger partial charge in [0, 0.05) is 19.2 Å². The highest BCUT2D eigenvalue weighted by Crippen LogP contribution is 2.45. The summed E-state index contributed by atoms with van der Waals surface area (Å²) in [6.07, 6.45) is 1.15. The number of rotatable bonds is 5. The van der Waals surface area contributed by atoms with Gasteiger partial charge in [0.05, 0.1) is 6.61 Å². The van der Waals surface area contributed by atoms with E-state index in [1.54, 1.807) is 7.11 Å². The van der Waals surface area contributed by atoms with Crippen LogP contribution in [0.1, 0.15) is 44.9 Å². The standard InChI is InChI=1S/C17H27NO/c1-12(2)15(11-19-5)18-16-14-9-7-6-8-13(14)10-17(16,3)4/h6-9,12,15-16,18H,10-11H2,1-5H3. The van der Waals surface area contributed by atoms with Crippen molar-refractivity contribution in [3.63, 3.8) is 0 Å². The van der Waals surface area contributed by atoms with E-state index in [2.05, 4.69) is 57.3 Å². The van der Waals surface area contributed by atoms with E-state index in [0.29, 0.717) is 18.0 Å². The van der Waals surface area contributed by atoms with Crippen molar-refractivity contribution in [3.8, 4) is 0 Å². The van der Waals surface area contributed by atoms with Gasteiger partial charge in [-0.15, -0.1) is 0 Å². The molecule has 0 aromatic heterocycles. The number of nitrogens with one attached hydrogen (secondary N) is 1. The van der Waals surface area contributed by atoms with Gasteiger partial charge in [-0.2, -0.15) is 0 Å². The molecular weight excluding hydrogens is 234 g/mol. The molecule has 0 saturated heterocycles. The summed E-state index contributed by atoms with van der Waals surface area (Å²) in [4.78, 5) is 0. The van der Waals surface area contributed by atoms with Crippen molar-refractivity contribution in [2.45, 2.75) is 46.2 Å². The van der Waals surface area contributed by atoms with Gasteiger partial charge in [-0.1, -0.05) is 52.0 Å². The lowest BCUT2D eigenvalue weighted by atomic mass is 9.84. The van der Waals surface area contributed by atoms with Gasteiger partial charge in [0.25, 0.3) is 0 Å². The summed E-state index contributed by atoms with van der Waals surface area (Å²) in [6.45, 7) is 9.99. The molecule has 106 valence electrons. The second-order valence-corrected chi connectivity index (χ2v) is 6.77. The molecule has 1 aromatic carbocycles. The maximum Gasteiger partial charge on any atom is 0.0618 e. The minimum Gasteiger partial charge on any atom is -0.383 e. The van der Waals surface area contributed by atoms with E-state index in [4.69, 9.17) is 4.74 Å². The van der Waals surface area contributed by atoms with Crippen molar-refractivity contribution in [3.05, 3.63) is 35.4 Å². The third kappa shape index (κ3) is 3.01. The molecule has 19 heavy (non-hydrogen) atoms. The van der Waals surface area contributed by atoms with E-state index in [1.807, 2.05) is 0 Å². The molecule has 0 spiro atoms. The maximum absolute atomic E-state index is 5.37. The van der Waals surface area contributed by atoms with Crippen molar-refractivity contribution in [2.75, 3.05) is 13.7 Å². The van der Waals surface area contributed by atoms with Crippen LogP contribution in [0.3, 0.4) is 0 Å². The van der Waals surface area contributed by atoms with E-state index >= 15 is 0 Å². The third-order valence-electron chi connectivity index (χ3n) is 4.33. The van der Waals surface area contributed by atoms with Crippen LogP contribution in [-0.2, 0) is 11.2 Å². The molecule has 0 radical (unpaired) electrons. The molecular formula is C17H27NO. The van der Waals surface area contributed by atoms with Crippen molar-refractivity contribution < 1.29 is 4.74 Å². The van der Waals surface area contributed by atoms with Gasteiger partial charge >= 0.3 is 0 Å². The van der Waals surface area contributed by atoms with Crippen LogP contribution in [-0.4, -0.2) is 19.8 Å². The quantitative estimate of drug-likeness (QED) is 0.875. The minimum atomic E-state index is 0.268. The van der Waals surface area contributed by atoms with E-state index in [0.717, 1.165) is 13.0 Å². The minimum absolute atomic E-state index is 0.268. The fourth-order valence-corrected chi connectivity index (χ4v) is 3.13. The predicted octanol–water partition coefficient (Wildman–Crippen LogP) is 3.57. The number of methoxy groups -OCH3 is 1. The lowest BCUT2D eigenvalue weighted by molar-refractivity contribution is 0.124. The zero-order chi connectivity index (χ0) is 14.0. The van der Waals surface area contributed by atoms with Crippen molar-refractivity contribution in [1.29, 1.82) is 0 Å². The smallest absolute Gasteiger partial charge is 0.0618 e. The van der Waals surface area contributed by atoms with Crippen LogP contribution in [0.15, 0.2) is 24.3 Å². The van der Waals surface area contributed by atoms with E-state index < -0.39 is 0 Å². The zero-order valence-corrected chi connectivity index (χ0v) is 12.9. The molecule has 0 aliphatic heterocycles. The van der Waals surface area contributed by atoms with Crippen molar-refractivity contribution in [2.24, 2.45) is 11.3 Å². The Hall–Kier alpha value is -0.860. The summed E-state index contributed by atoms with van der Waals surface area (Å²) in [7, 11) is 1.78. The molecule has 1 aliphatic rings. The molecule has 0 fully saturated rings. The Balaban J connectivity index is 2.22. The number of ether oxygens (including phenoxy) is 1. The Bertz CT molecular complexity index is 425. The lowest BCUT2D eigenvalue weighted by Crippen LogP contribution is -2.43. The SMILES string of the molecule is COCC(NC1c2ccccc2CC1(C)C)C(C)C. The largest absolute Gasteiger partial charge is 0.383 e. The summed E-state index contributed by atoms with van der Waals surface area (Å²) in [5.74, 6) is 0.573. The first-order valence-electron chi connectivity index (χ1n) is 7.28. The molecule has 2 unspecified atom stereocenters. The van der Waals surface area contributed by atoms with Gasteiger partial charge in [-0.05, 0) is 28.9 Å². The van der Waals surface area contributed by atoms with Crippen LogP contribution < -0.4 is 5.32 Å². The van der Waals surface area contributed by atoms with Gasteiger partial charge in [-0.3, -0.25) is 0 Å². The van der Waals surface area contributed by atoms with E-state index in [1.165, 1.54) is 11.1 Å². The van der Waals surface area contributed by atoms with Gasteiger partial charge in [-0.25, -0.2) is 0 Å². The summed E-state index contributed by atoms with van der Waals surface area (Å²) < 4.78 is 5.37. The molecule has 1 aromatic rings. The number of hydrogen-bond acceptors (Lipinski definition) is 2. The Morgan fingerprint density at radius 1 is 1.32 bits per heavy atom. The Kier molecular flexibility index (Phi) is 4.32. The number of hydrogen-bond donors (Lipinski definition) is 1. The highest BCUT2D eigenvalue weighted by molar-refractivity contribution is 5.37. The second-order valence-electron chi connectivity index (χ2n) is 6.77. The molecule has 1 aliphatic carbocycles.